The van der Waals surface area contributed by atoms with Crippen molar-refractivity contribution in [3.8, 4) is 0 Å². The number of benzene rings is 1. The average Bonchev–Trinajstić information content (AvgIpc) is 2.28. The molecule has 0 bridgehead atoms. The van der Waals surface area contributed by atoms with Gasteiger partial charge in [0.05, 0.1) is 0 Å². The molecular weight excluding hydrogens is 239 g/mol. The molecule has 102 valence electrons. The number of hydrogen-bond acceptors (Lipinski definition) is 1. The molecule has 1 nitrogen and oxygen atoms in total. The van der Waals surface area contributed by atoms with Crippen molar-refractivity contribution in [2.45, 2.75) is 45.6 Å². The van der Waals surface area contributed by atoms with Crippen molar-refractivity contribution < 1.29 is 13.2 Å². The maximum absolute atomic E-state index is 13.6. The summed E-state index contributed by atoms with van der Waals surface area (Å²) in [7, 11) is 0. The predicted octanol–water partition coefficient (Wildman–Crippen LogP) is 4.32. The molecule has 0 saturated heterocycles. The minimum Gasteiger partial charge on any atom is -0.324 e. The molecule has 1 aromatic rings. The quantitative estimate of drug-likeness (QED) is 0.809. The molecule has 4 heteroatoms. The third-order valence-electron chi connectivity index (χ3n) is 3.34. The number of nitrogens with two attached hydrogens (primary N) is 1. The van der Waals surface area contributed by atoms with Crippen LogP contribution < -0.4 is 5.73 Å². The van der Waals surface area contributed by atoms with Crippen molar-refractivity contribution in [3.63, 3.8) is 0 Å². The molecule has 0 aliphatic heterocycles. The van der Waals surface area contributed by atoms with E-state index in [0.717, 1.165) is 25.7 Å². The van der Waals surface area contributed by atoms with Gasteiger partial charge < -0.3 is 5.73 Å². The van der Waals surface area contributed by atoms with Crippen molar-refractivity contribution in [1.29, 1.82) is 0 Å². The van der Waals surface area contributed by atoms with Crippen LogP contribution in [0.1, 0.15) is 51.1 Å². The molecule has 0 spiro atoms. The molecule has 1 rings (SSSR count). The Kier molecular flexibility index (Phi) is 5.66. The Labute approximate surface area is 106 Å². The maximum atomic E-state index is 13.6. The Morgan fingerprint density at radius 3 is 2.11 bits per heavy atom. The minimum atomic E-state index is -0.914. The van der Waals surface area contributed by atoms with Crippen molar-refractivity contribution in [1.82, 2.24) is 0 Å². The van der Waals surface area contributed by atoms with Crippen LogP contribution in [0.5, 0.6) is 0 Å². The summed E-state index contributed by atoms with van der Waals surface area (Å²) in [6, 6.07) is 0.650. The molecule has 2 unspecified atom stereocenters. The first-order chi connectivity index (χ1) is 8.51. The summed E-state index contributed by atoms with van der Waals surface area (Å²) in [5, 5.41) is 0. The van der Waals surface area contributed by atoms with E-state index in [9.17, 15) is 13.2 Å². The normalized spacial score (nSPS) is 14.6. The minimum absolute atomic E-state index is 0.0133. The van der Waals surface area contributed by atoms with E-state index >= 15 is 0 Å². The molecule has 0 fully saturated rings. The van der Waals surface area contributed by atoms with Gasteiger partial charge in [0.2, 0.25) is 0 Å². The fourth-order valence-electron chi connectivity index (χ4n) is 2.21. The van der Waals surface area contributed by atoms with Crippen LogP contribution in [0, 0.1) is 23.4 Å². The van der Waals surface area contributed by atoms with Crippen molar-refractivity contribution in [3.05, 3.63) is 35.1 Å². The fourth-order valence-corrected chi connectivity index (χ4v) is 2.21. The summed E-state index contributed by atoms with van der Waals surface area (Å²) in [5.74, 6) is -2.69. The molecule has 0 saturated carbocycles. The van der Waals surface area contributed by atoms with E-state index in [-0.39, 0.29) is 11.5 Å². The van der Waals surface area contributed by atoms with Crippen LogP contribution in [0.15, 0.2) is 12.1 Å². The summed E-state index contributed by atoms with van der Waals surface area (Å²) >= 11 is 0. The van der Waals surface area contributed by atoms with E-state index in [1.54, 1.807) is 0 Å². The Balaban J connectivity index is 2.97. The molecule has 0 aliphatic carbocycles. The van der Waals surface area contributed by atoms with Crippen molar-refractivity contribution in [2.75, 3.05) is 0 Å². The second kappa shape index (κ2) is 6.78. The third-order valence-corrected chi connectivity index (χ3v) is 3.34. The topological polar surface area (TPSA) is 26.0 Å². The zero-order chi connectivity index (χ0) is 13.7. The van der Waals surface area contributed by atoms with Crippen molar-refractivity contribution in [2.24, 2.45) is 11.7 Å². The highest BCUT2D eigenvalue weighted by Crippen LogP contribution is 2.30. The first-order valence-electron chi connectivity index (χ1n) is 6.41. The molecule has 18 heavy (non-hydrogen) atoms. The Morgan fingerprint density at radius 2 is 1.67 bits per heavy atom. The van der Waals surface area contributed by atoms with Gasteiger partial charge in [-0.15, -0.1) is 0 Å². The van der Waals surface area contributed by atoms with Gasteiger partial charge in [0.15, 0.2) is 0 Å². The average molecular weight is 259 g/mol. The molecular formula is C14H20F3N. The smallest absolute Gasteiger partial charge is 0.133 e. The number of unbranched alkanes of at least 4 members (excludes halogenated alkanes) is 1. The van der Waals surface area contributed by atoms with Gasteiger partial charge in [-0.1, -0.05) is 33.1 Å². The number of halogens is 3. The molecule has 0 amide bonds. The highest BCUT2D eigenvalue weighted by molar-refractivity contribution is 5.24. The van der Waals surface area contributed by atoms with Gasteiger partial charge in [-0.2, -0.15) is 0 Å². The molecule has 0 radical (unpaired) electrons. The maximum Gasteiger partial charge on any atom is 0.133 e. The van der Waals surface area contributed by atoms with Crippen LogP contribution >= 0.6 is 0 Å². The summed E-state index contributed by atoms with van der Waals surface area (Å²) in [5.41, 5.74) is 5.74. The lowest BCUT2D eigenvalue weighted by Gasteiger charge is -2.23. The van der Waals surface area contributed by atoms with Crippen LogP contribution in [0.4, 0.5) is 13.2 Å². The van der Waals surface area contributed by atoms with Gasteiger partial charge in [0.1, 0.15) is 17.5 Å². The van der Waals surface area contributed by atoms with E-state index < -0.39 is 23.5 Å². The van der Waals surface area contributed by atoms with Gasteiger partial charge in [-0.25, -0.2) is 13.2 Å². The van der Waals surface area contributed by atoms with Gasteiger partial charge in [0, 0.05) is 23.7 Å². The summed E-state index contributed by atoms with van der Waals surface area (Å²) in [4.78, 5) is 0. The van der Waals surface area contributed by atoms with Crippen LogP contribution in [0.25, 0.3) is 0 Å². The largest absolute Gasteiger partial charge is 0.324 e. The first-order valence-corrected chi connectivity index (χ1v) is 6.41. The molecule has 2 atom stereocenters. The molecule has 0 aliphatic rings. The van der Waals surface area contributed by atoms with E-state index in [0.29, 0.717) is 12.1 Å². The lowest BCUT2D eigenvalue weighted by atomic mass is 9.87. The van der Waals surface area contributed by atoms with Gasteiger partial charge in [0.25, 0.3) is 0 Å². The molecule has 2 N–H and O–H groups in total. The summed E-state index contributed by atoms with van der Waals surface area (Å²) < 4.78 is 40.1. The van der Waals surface area contributed by atoms with Crippen LogP contribution in [0.3, 0.4) is 0 Å². The van der Waals surface area contributed by atoms with Crippen LogP contribution in [0.2, 0.25) is 0 Å². The highest BCUT2D eigenvalue weighted by atomic mass is 19.1. The molecule has 0 aromatic heterocycles. The number of rotatable bonds is 6. The van der Waals surface area contributed by atoms with E-state index in [4.69, 9.17) is 5.73 Å². The standard InChI is InChI=1S/C14H20F3N/c1-3-5-6-9(4-2)14(18)13-11(16)7-10(15)8-12(13)17/h7-9,14H,3-6,18H2,1-2H3. The highest BCUT2D eigenvalue weighted by Gasteiger charge is 2.24. The van der Waals surface area contributed by atoms with Crippen molar-refractivity contribution >= 4 is 0 Å². The Bertz CT molecular complexity index is 370. The van der Waals surface area contributed by atoms with E-state index in [1.807, 2.05) is 6.92 Å². The van der Waals surface area contributed by atoms with Gasteiger partial charge in [-0.3, -0.25) is 0 Å². The zero-order valence-electron chi connectivity index (χ0n) is 10.8. The van der Waals surface area contributed by atoms with Gasteiger partial charge in [-0.05, 0) is 12.3 Å². The second-order valence-corrected chi connectivity index (χ2v) is 4.62. The molecule has 1 aromatic carbocycles. The summed E-state index contributed by atoms with van der Waals surface area (Å²) in [6.45, 7) is 4.00. The lowest BCUT2D eigenvalue weighted by Crippen LogP contribution is -2.23. The monoisotopic (exact) mass is 259 g/mol. The van der Waals surface area contributed by atoms with Crippen LogP contribution in [-0.4, -0.2) is 0 Å². The van der Waals surface area contributed by atoms with Gasteiger partial charge >= 0.3 is 0 Å². The second-order valence-electron chi connectivity index (χ2n) is 4.62. The number of hydrogen-bond donors (Lipinski definition) is 1. The Hall–Kier alpha value is -1.03. The lowest BCUT2D eigenvalue weighted by molar-refractivity contribution is 0.357. The fraction of sp³-hybridized carbons (Fsp3) is 0.571. The third kappa shape index (κ3) is 3.48. The molecule has 0 heterocycles. The van der Waals surface area contributed by atoms with E-state index in [1.165, 1.54) is 0 Å². The van der Waals surface area contributed by atoms with Crippen LogP contribution in [-0.2, 0) is 0 Å². The predicted molar refractivity (Wildman–Crippen MR) is 66.6 cm³/mol. The SMILES string of the molecule is CCCCC(CC)C(N)c1c(F)cc(F)cc1F. The zero-order valence-corrected chi connectivity index (χ0v) is 10.8. The summed E-state index contributed by atoms with van der Waals surface area (Å²) in [6.07, 6.45) is 3.55. The van der Waals surface area contributed by atoms with E-state index in [2.05, 4.69) is 6.92 Å². The Morgan fingerprint density at radius 1 is 1.11 bits per heavy atom. The first kappa shape index (κ1) is 15.0.